The molecule has 0 radical (unpaired) electrons. The maximum Gasteiger partial charge on any atom is 0.341 e. The third kappa shape index (κ3) is 2.71. The molecule has 0 N–H and O–H groups in total. The summed E-state index contributed by atoms with van der Waals surface area (Å²) >= 11 is 1.09. The highest BCUT2D eigenvalue weighted by atomic mass is 32.3. The third-order valence-electron chi connectivity index (χ3n) is 3.53. The van der Waals surface area contributed by atoms with E-state index in [0.29, 0.717) is 5.92 Å². The molecule has 1 aliphatic carbocycles. The number of rotatable bonds is 1. The van der Waals surface area contributed by atoms with Crippen molar-refractivity contribution >= 4 is 21.6 Å². The minimum Gasteiger partial charge on any atom is -0.188 e. The van der Waals surface area contributed by atoms with Crippen LogP contribution in [0.4, 0.5) is 3.89 Å². The lowest BCUT2D eigenvalue weighted by atomic mass is 9.72. The summed E-state index contributed by atoms with van der Waals surface area (Å²) in [5.74, 6) is 0.541. The Balaban J connectivity index is 2.31. The molecule has 0 saturated carbocycles. The van der Waals surface area contributed by atoms with Gasteiger partial charge in [0.2, 0.25) is 0 Å². The molecule has 1 atom stereocenters. The highest BCUT2D eigenvalue weighted by Crippen LogP contribution is 2.41. The van der Waals surface area contributed by atoms with Gasteiger partial charge in [0.25, 0.3) is 0 Å². The summed E-state index contributed by atoms with van der Waals surface area (Å²) < 4.78 is 34.5. The van der Waals surface area contributed by atoms with Crippen molar-refractivity contribution in [3.8, 4) is 0 Å². The molecule has 1 aliphatic rings. The Morgan fingerprint density at radius 2 is 2.06 bits per heavy atom. The molecule has 0 aliphatic heterocycles. The lowest BCUT2D eigenvalue weighted by molar-refractivity contribution is 0.217. The summed E-state index contributed by atoms with van der Waals surface area (Å²) in [7, 11) is -4.53. The molecule has 0 spiro atoms. The van der Waals surface area contributed by atoms with Crippen molar-refractivity contribution in [2.75, 3.05) is 0 Å². The Hall–Kier alpha value is -0.420. The van der Waals surface area contributed by atoms with Gasteiger partial charge >= 0.3 is 10.2 Å². The van der Waals surface area contributed by atoms with E-state index in [4.69, 9.17) is 0 Å². The minimum absolute atomic E-state index is 0.128. The quantitative estimate of drug-likeness (QED) is 0.735. The van der Waals surface area contributed by atoms with Crippen molar-refractivity contribution in [3.05, 3.63) is 16.5 Å². The zero-order valence-corrected chi connectivity index (χ0v) is 11.9. The highest BCUT2D eigenvalue weighted by Gasteiger charge is 2.31. The van der Waals surface area contributed by atoms with Gasteiger partial charge in [-0.3, -0.25) is 0 Å². The average Bonchev–Trinajstić information content (AvgIpc) is 2.57. The fourth-order valence-electron chi connectivity index (χ4n) is 2.36. The van der Waals surface area contributed by atoms with E-state index in [2.05, 4.69) is 20.8 Å². The van der Waals surface area contributed by atoms with Gasteiger partial charge in [0, 0.05) is 4.88 Å². The molecule has 5 heteroatoms. The van der Waals surface area contributed by atoms with E-state index in [0.717, 1.165) is 41.0 Å². The zero-order valence-electron chi connectivity index (χ0n) is 10.3. The maximum absolute atomic E-state index is 12.9. The van der Waals surface area contributed by atoms with Crippen LogP contribution < -0.4 is 0 Å². The van der Waals surface area contributed by atoms with E-state index in [1.54, 1.807) is 0 Å². The van der Waals surface area contributed by atoms with Gasteiger partial charge in [-0.05, 0) is 42.2 Å². The van der Waals surface area contributed by atoms with E-state index in [9.17, 15) is 12.3 Å². The van der Waals surface area contributed by atoms with Crippen molar-refractivity contribution in [3.63, 3.8) is 0 Å². The molecule has 96 valence electrons. The number of aryl methyl sites for hydroxylation is 1. The monoisotopic (exact) mass is 276 g/mol. The van der Waals surface area contributed by atoms with Crippen molar-refractivity contribution in [1.29, 1.82) is 0 Å². The Bertz CT molecular complexity index is 523. The molecule has 0 saturated heterocycles. The van der Waals surface area contributed by atoms with Crippen molar-refractivity contribution in [1.82, 2.24) is 0 Å². The topological polar surface area (TPSA) is 34.1 Å². The fourth-order valence-corrected chi connectivity index (χ4v) is 4.28. The standard InChI is InChI=1S/C12H17FO2S2/c1-12(2,3)9-4-5-10-8(6-9)7-11(16-10)17(13,14)15/h7,9H,4-6H2,1-3H3. The first-order chi connectivity index (χ1) is 7.68. The summed E-state index contributed by atoms with van der Waals surface area (Å²) in [6.45, 7) is 6.59. The van der Waals surface area contributed by atoms with Crippen LogP contribution in [-0.4, -0.2) is 8.42 Å². The van der Waals surface area contributed by atoms with Crippen LogP contribution in [0.25, 0.3) is 0 Å². The van der Waals surface area contributed by atoms with Crippen LogP contribution in [-0.2, 0) is 23.1 Å². The van der Waals surface area contributed by atoms with E-state index in [1.165, 1.54) is 6.07 Å². The predicted molar refractivity (Wildman–Crippen MR) is 67.6 cm³/mol. The third-order valence-corrected chi connectivity index (χ3v) is 6.00. The van der Waals surface area contributed by atoms with E-state index < -0.39 is 10.2 Å². The Kier molecular flexibility index (Phi) is 3.11. The fraction of sp³-hybridized carbons (Fsp3) is 0.667. The summed E-state index contributed by atoms with van der Waals surface area (Å²) in [5.41, 5.74) is 1.24. The van der Waals surface area contributed by atoms with Gasteiger partial charge < -0.3 is 0 Å². The van der Waals surface area contributed by atoms with Gasteiger partial charge in [0.05, 0.1) is 0 Å². The van der Waals surface area contributed by atoms with Gasteiger partial charge in [-0.2, -0.15) is 8.42 Å². The lowest BCUT2D eigenvalue weighted by Gasteiger charge is -2.33. The maximum atomic E-state index is 12.9. The number of fused-ring (bicyclic) bond motifs is 1. The van der Waals surface area contributed by atoms with Crippen LogP contribution >= 0.6 is 11.3 Å². The Morgan fingerprint density at radius 3 is 2.59 bits per heavy atom. The van der Waals surface area contributed by atoms with Gasteiger partial charge in [0.15, 0.2) is 4.21 Å². The van der Waals surface area contributed by atoms with Crippen LogP contribution in [0.5, 0.6) is 0 Å². The summed E-state index contributed by atoms with van der Waals surface area (Å²) in [5, 5.41) is 0. The van der Waals surface area contributed by atoms with Crippen LogP contribution in [0.2, 0.25) is 0 Å². The summed E-state index contributed by atoms with van der Waals surface area (Å²) in [4.78, 5) is 1.04. The first kappa shape index (κ1) is 13.0. The highest BCUT2D eigenvalue weighted by molar-refractivity contribution is 7.88. The summed E-state index contributed by atoms with van der Waals surface area (Å²) in [6.07, 6.45) is 2.80. The number of thiophene rings is 1. The zero-order chi connectivity index (χ0) is 12.8. The molecule has 1 aromatic rings. The smallest absolute Gasteiger partial charge is 0.188 e. The molecule has 0 aromatic carbocycles. The molecule has 2 nitrogen and oxygen atoms in total. The molecule has 2 rings (SSSR count). The van der Waals surface area contributed by atoms with Crippen LogP contribution in [0.1, 0.15) is 37.6 Å². The van der Waals surface area contributed by atoms with Crippen molar-refractivity contribution < 1.29 is 12.3 Å². The van der Waals surface area contributed by atoms with E-state index >= 15 is 0 Å². The van der Waals surface area contributed by atoms with Crippen molar-refractivity contribution in [2.45, 2.75) is 44.2 Å². The minimum atomic E-state index is -4.53. The molecule has 1 aromatic heterocycles. The number of hydrogen-bond donors (Lipinski definition) is 0. The summed E-state index contributed by atoms with van der Waals surface area (Å²) in [6, 6.07) is 1.52. The Labute approximate surface area is 106 Å². The van der Waals surface area contributed by atoms with Gasteiger partial charge in [0.1, 0.15) is 0 Å². The van der Waals surface area contributed by atoms with E-state index in [1.807, 2.05) is 0 Å². The number of halogens is 1. The van der Waals surface area contributed by atoms with Crippen LogP contribution in [0.3, 0.4) is 0 Å². The number of hydrogen-bond acceptors (Lipinski definition) is 3. The Morgan fingerprint density at radius 1 is 1.41 bits per heavy atom. The average molecular weight is 276 g/mol. The molecule has 1 unspecified atom stereocenters. The second kappa shape index (κ2) is 4.05. The van der Waals surface area contributed by atoms with Crippen LogP contribution in [0.15, 0.2) is 10.3 Å². The molecule has 0 amide bonds. The predicted octanol–water partition coefficient (Wildman–Crippen LogP) is 3.56. The van der Waals surface area contributed by atoms with Crippen molar-refractivity contribution in [2.24, 2.45) is 11.3 Å². The second-order valence-corrected chi connectivity index (χ2v) is 8.47. The SMILES string of the molecule is CC(C)(C)C1CCc2sc(S(=O)(=O)F)cc2C1. The lowest BCUT2D eigenvalue weighted by Crippen LogP contribution is -2.26. The van der Waals surface area contributed by atoms with Crippen LogP contribution in [0, 0.1) is 11.3 Å². The molecule has 1 heterocycles. The second-order valence-electron chi connectivity index (χ2n) is 5.76. The first-order valence-corrected chi connectivity index (χ1v) is 7.94. The largest absolute Gasteiger partial charge is 0.341 e. The van der Waals surface area contributed by atoms with Gasteiger partial charge in [-0.1, -0.05) is 24.7 Å². The molecule has 0 fully saturated rings. The van der Waals surface area contributed by atoms with Gasteiger partial charge in [-0.25, -0.2) is 0 Å². The first-order valence-electron chi connectivity index (χ1n) is 5.74. The molecular weight excluding hydrogens is 259 g/mol. The van der Waals surface area contributed by atoms with E-state index in [-0.39, 0.29) is 9.62 Å². The molecule has 17 heavy (non-hydrogen) atoms. The molecular formula is C12H17FO2S2. The van der Waals surface area contributed by atoms with Gasteiger partial charge in [-0.15, -0.1) is 11.3 Å². The normalized spacial score (nSPS) is 21.3. The molecule has 0 bridgehead atoms.